The van der Waals surface area contributed by atoms with Gasteiger partial charge in [0, 0.05) is 31.6 Å². The molecule has 4 heterocycles. The lowest BCUT2D eigenvalue weighted by atomic mass is 10.0. The first kappa shape index (κ1) is 13.6. The maximum absolute atomic E-state index is 6.14. The lowest BCUT2D eigenvalue weighted by Crippen LogP contribution is -2.48. The number of nitrogens with one attached hydrogen (secondary N) is 1. The zero-order valence-corrected chi connectivity index (χ0v) is 13.9. The van der Waals surface area contributed by atoms with Gasteiger partial charge in [-0.3, -0.25) is 10.2 Å². The van der Waals surface area contributed by atoms with Crippen molar-refractivity contribution in [1.29, 1.82) is 0 Å². The molecule has 7 nitrogen and oxygen atoms in total. The second kappa shape index (κ2) is 4.61. The van der Waals surface area contributed by atoms with Crippen LogP contribution in [0.25, 0.3) is 10.5 Å². The first-order valence-electron chi connectivity index (χ1n) is 7.94. The molecule has 3 fully saturated rings. The van der Waals surface area contributed by atoms with Gasteiger partial charge in [-0.2, -0.15) is 4.98 Å². The molecule has 1 saturated carbocycles. The van der Waals surface area contributed by atoms with Gasteiger partial charge in [-0.1, -0.05) is 11.3 Å². The van der Waals surface area contributed by atoms with Crippen molar-refractivity contribution in [3.8, 4) is 0 Å². The van der Waals surface area contributed by atoms with Gasteiger partial charge in [0.15, 0.2) is 15.6 Å². The van der Waals surface area contributed by atoms with Crippen molar-refractivity contribution in [2.75, 3.05) is 25.5 Å². The predicted octanol–water partition coefficient (Wildman–Crippen LogP) is 1.66. The molecule has 2 aliphatic heterocycles. The summed E-state index contributed by atoms with van der Waals surface area (Å²) in [4.78, 5) is 20.8. The number of rotatable bonds is 2. The predicted molar refractivity (Wildman–Crippen MR) is 88.8 cm³/mol. The first-order valence-corrected chi connectivity index (χ1v) is 8.75. The number of hydrogen-bond donors (Lipinski definition) is 1. The van der Waals surface area contributed by atoms with E-state index in [9.17, 15) is 0 Å². The van der Waals surface area contributed by atoms with Gasteiger partial charge in [0.2, 0.25) is 0 Å². The van der Waals surface area contributed by atoms with E-state index >= 15 is 0 Å². The fraction of sp³-hybridized carbons (Fsp3) is 0.600. The second-order valence-electron chi connectivity index (χ2n) is 6.58. The van der Waals surface area contributed by atoms with Crippen molar-refractivity contribution in [2.24, 2.45) is 10.9 Å². The van der Waals surface area contributed by atoms with Gasteiger partial charge in [0.25, 0.3) is 6.02 Å². The van der Waals surface area contributed by atoms with Crippen LogP contribution in [0.1, 0.15) is 18.5 Å². The largest absolute Gasteiger partial charge is 0.460 e. The van der Waals surface area contributed by atoms with E-state index in [4.69, 9.17) is 4.74 Å². The van der Waals surface area contributed by atoms with Crippen molar-refractivity contribution < 1.29 is 4.74 Å². The van der Waals surface area contributed by atoms with Gasteiger partial charge < -0.3 is 4.74 Å². The molecule has 0 aromatic carbocycles. The third-order valence-corrected chi connectivity index (χ3v) is 6.17. The number of anilines is 1. The molecule has 1 N–H and O–H groups in total. The number of aliphatic imine (C=N–C) groups is 1. The summed E-state index contributed by atoms with van der Waals surface area (Å²) in [5.74, 6) is 0.677. The van der Waals surface area contributed by atoms with Crippen LogP contribution in [0, 0.1) is 12.8 Å². The van der Waals surface area contributed by atoms with Crippen molar-refractivity contribution in [3.63, 3.8) is 0 Å². The van der Waals surface area contributed by atoms with Crippen LogP contribution in [0.3, 0.4) is 0 Å². The molecule has 0 amide bonds. The van der Waals surface area contributed by atoms with Crippen LogP contribution in [-0.2, 0) is 4.74 Å². The van der Waals surface area contributed by atoms with Crippen molar-refractivity contribution >= 4 is 33.0 Å². The molecule has 3 aliphatic rings. The highest BCUT2D eigenvalue weighted by atomic mass is 32.1. The van der Waals surface area contributed by atoms with E-state index in [0.29, 0.717) is 23.1 Å². The molecule has 8 heteroatoms. The summed E-state index contributed by atoms with van der Waals surface area (Å²) in [5, 5.41) is 3.91. The van der Waals surface area contributed by atoms with E-state index in [1.54, 1.807) is 13.2 Å². The van der Waals surface area contributed by atoms with E-state index in [1.807, 2.05) is 6.92 Å². The smallest absolute Gasteiger partial charge is 0.291 e. The number of hydrogen-bond acceptors (Lipinski definition) is 7. The van der Waals surface area contributed by atoms with Gasteiger partial charge in [-0.05, 0) is 19.8 Å². The third kappa shape index (κ3) is 1.98. The molecule has 0 bridgehead atoms. The number of aromatic nitrogens is 3. The lowest BCUT2D eigenvalue weighted by Gasteiger charge is -2.38. The standard InChI is InChI=1S/C15H18N6OS/c1-8-6-17-11-12(18-8)23-14(19-11)20-13(16-2)22-10-7-21-4-3-15(21)5-9(10)15/h6,9-10H,3-5,7H2,1-2H3,(H,16,17,19,20)/t9?,10-,15?/m0/s1. The van der Waals surface area contributed by atoms with Crippen LogP contribution < -0.4 is 5.32 Å². The Hall–Kier alpha value is -1.80. The van der Waals surface area contributed by atoms with E-state index in [1.165, 1.54) is 30.7 Å². The molecular formula is C15H18N6OS. The number of piperidine rings is 1. The molecule has 5 rings (SSSR count). The van der Waals surface area contributed by atoms with Gasteiger partial charge >= 0.3 is 0 Å². The average molecular weight is 330 g/mol. The zero-order valence-electron chi connectivity index (χ0n) is 13.1. The molecule has 1 aliphatic carbocycles. The summed E-state index contributed by atoms with van der Waals surface area (Å²) in [6.45, 7) is 4.17. The molecule has 120 valence electrons. The first-order chi connectivity index (χ1) is 11.2. The lowest BCUT2D eigenvalue weighted by molar-refractivity contribution is 0.0814. The number of aryl methyl sites for hydroxylation is 1. The Morgan fingerprint density at radius 2 is 2.43 bits per heavy atom. The summed E-state index contributed by atoms with van der Waals surface area (Å²) in [7, 11) is 1.74. The van der Waals surface area contributed by atoms with E-state index in [0.717, 1.165) is 22.2 Å². The van der Waals surface area contributed by atoms with Crippen LogP contribution in [0.2, 0.25) is 0 Å². The minimum atomic E-state index is 0.247. The van der Waals surface area contributed by atoms with Crippen molar-refractivity contribution in [1.82, 2.24) is 19.9 Å². The molecule has 2 aromatic rings. The highest BCUT2D eigenvalue weighted by Gasteiger charge is 2.71. The Morgan fingerprint density at radius 1 is 1.52 bits per heavy atom. The van der Waals surface area contributed by atoms with Crippen LogP contribution >= 0.6 is 11.3 Å². The summed E-state index contributed by atoms with van der Waals surface area (Å²) in [5.41, 5.74) is 2.04. The molecule has 2 unspecified atom stereocenters. The summed E-state index contributed by atoms with van der Waals surface area (Å²) >= 11 is 1.47. The molecule has 1 spiro atoms. The highest BCUT2D eigenvalue weighted by molar-refractivity contribution is 7.21. The topological polar surface area (TPSA) is 75.5 Å². The fourth-order valence-electron chi connectivity index (χ4n) is 3.98. The van der Waals surface area contributed by atoms with Crippen LogP contribution in [0.4, 0.5) is 5.13 Å². The SMILES string of the molecule is CN=C(Nc1nc2ncc(C)nc2s1)O[C@H]1CN2CCC23CC13. The second-order valence-corrected chi connectivity index (χ2v) is 7.56. The molecule has 2 saturated heterocycles. The fourth-order valence-corrected chi connectivity index (χ4v) is 4.81. The normalized spacial score (nSPS) is 32.3. The summed E-state index contributed by atoms with van der Waals surface area (Å²) in [6, 6.07) is 0.537. The van der Waals surface area contributed by atoms with E-state index in [-0.39, 0.29) is 6.10 Å². The Bertz CT molecular complexity index is 819. The number of thiazole rings is 1. The van der Waals surface area contributed by atoms with Crippen molar-refractivity contribution in [2.45, 2.75) is 31.4 Å². The van der Waals surface area contributed by atoms with Crippen LogP contribution in [-0.4, -0.2) is 57.7 Å². The third-order valence-electron chi connectivity index (χ3n) is 5.32. The minimum Gasteiger partial charge on any atom is -0.460 e. The average Bonchev–Trinajstić information content (AvgIpc) is 3.13. The van der Waals surface area contributed by atoms with Gasteiger partial charge in [0.1, 0.15) is 6.10 Å². The highest BCUT2D eigenvalue weighted by Crippen LogP contribution is 2.63. The maximum Gasteiger partial charge on any atom is 0.291 e. The number of amidine groups is 1. The Morgan fingerprint density at radius 3 is 3.09 bits per heavy atom. The molecule has 23 heavy (non-hydrogen) atoms. The Kier molecular flexibility index (Phi) is 2.73. The molecular weight excluding hydrogens is 312 g/mol. The number of fused-ring (bicyclic) bond motifs is 1. The monoisotopic (exact) mass is 330 g/mol. The van der Waals surface area contributed by atoms with Crippen molar-refractivity contribution in [3.05, 3.63) is 11.9 Å². The quantitative estimate of drug-likeness (QED) is 0.667. The van der Waals surface area contributed by atoms with Gasteiger partial charge in [-0.15, -0.1) is 0 Å². The zero-order chi connectivity index (χ0) is 15.6. The summed E-state index contributed by atoms with van der Waals surface area (Å²) < 4.78 is 6.14. The summed E-state index contributed by atoms with van der Waals surface area (Å²) in [6.07, 6.45) is 4.59. The van der Waals surface area contributed by atoms with Gasteiger partial charge in [-0.25, -0.2) is 15.0 Å². The number of nitrogens with zero attached hydrogens (tertiary/aromatic N) is 5. The van der Waals surface area contributed by atoms with Crippen LogP contribution in [0.15, 0.2) is 11.2 Å². The molecule has 3 atom stereocenters. The maximum atomic E-state index is 6.14. The van der Waals surface area contributed by atoms with E-state index in [2.05, 4.69) is 30.2 Å². The minimum absolute atomic E-state index is 0.247. The van der Waals surface area contributed by atoms with Crippen LogP contribution in [0.5, 0.6) is 0 Å². The number of ether oxygens (including phenoxy) is 1. The Balaban J connectivity index is 1.31. The molecule has 2 aromatic heterocycles. The van der Waals surface area contributed by atoms with E-state index < -0.39 is 0 Å². The Labute approximate surface area is 137 Å². The van der Waals surface area contributed by atoms with Gasteiger partial charge in [0.05, 0.1) is 11.9 Å². The molecule has 0 radical (unpaired) electrons.